The standard InChI is InChI=1S/C15H13N5O/c1-21-8-9-3-2-4-11-13(9)18-15(17-11)14-10-5-6-16-7-12(10)19-20-14/h2-7H,8H2,1H3,(H,17,18)(H,19,20). The first kappa shape index (κ1) is 12.0. The van der Waals surface area contributed by atoms with Crippen molar-refractivity contribution in [2.45, 2.75) is 6.61 Å². The molecule has 0 unspecified atom stereocenters. The lowest BCUT2D eigenvalue weighted by molar-refractivity contribution is 0.186. The van der Waals surface area contributed by atoms with Gasteiger partial charge in [0.1, 0.15) is 5.69 Å². The van der Waals surface area contributed by atoms with Crippen LogP contribution in [0, 0.1) is 0 Å². The van der Waals surface area contributed by atoms with Gasteiger partial charge < -0.3 is 9.72 Å². The van der Waals surface area contributed by atoms with Gasteiger partial charge in [0, 0.05) is 24.3 Å². The number of rotatable bonds is 3. The smallest absolute Gasteiger partial charge is 0.159 e. The molecule has 0 radical (unpaired) electrons. The number of fused-ring (bicyclic) bond motifs is 2. The van der Waals surface area contributed by atoms with Crippen LogP contribution in [0.4, 0.5) is 0 Å². The van der Waals surface area contributed by atoms with Crippen molar-refractivity contribution in [1.82, 2.24) is 25.1 Å². The first-order chi connectivity index (χ1) is 10.4. The van der Waals surface area contributed by atoms with Gasteiger partial charge in [0.05, 0.1) is 29.4 Å². The van der Waals surface area contributed by atoms with E-state index in [1.807, 2.05) is 24.3 Å². The van der Waals surface area contributed by atoms with E-state index in [-0.39, 0.29) is 0 Å². The largest absolute Gasteiger partial charge is 0.380 e. The van der Waals surface area contributed by atoms with E-state index in [1.165, 1.54) is 0 Å². The van der Waals surface area contributed by atoms with E-state index in [0.717, 1.165) is 39.0 Å². The Balaban J connectivity index is 1.93. The predicted molar refractivity (Wildman–Crippen MR) is 79.7 cm³/mol. The van der Waals surface area contributed by atoms with Crippen LogP contribution in [0.5, 0.6) is 0 Å². The van der Waals surface area contributed by atoms with E-state index < -0.39 is 0 Å². The van der Waals surface area contributed by atoms with Crippen LogP contribution >= 0.6 is 0 Å². The average Bonchev–Trinajstić information content (AvgIpc) is 3.11. The van der Waals surface area contributed by atoms with E-state index >= 15 is 0 Å². The van der Waals surface area contributed by atoms with E-state index in [4.69, 9.17) is 4.74 Å². The maximum Gasteiger partial charge on any atom is 0.159 e. The number of nitrogens with one attached hydrogen (secondary N) is 2. The number of aromatic nitrogens is 5. The van der Waals surface area contributed by atoms with Gasteiger partial charge in [-0.25, -0.2) is 4.98 Å². The molecule has 0 atom stereocenters. The summed E-state index contributed by atoms with van der Waals surface area (Å²) in [6.07, 6.45) is 3.51. The van der Waals surface area contributed by atoms with Gasteiger partial charge in [-0.05, 0) is 12.1 Å². The van der Waals surface area contributed by atoms with Gasteiger partial charge >= 0.3 is 0 Å². The number of H-pyrrole nitrogens is 2. The minimum absolute atomic E-state index is 0.535. The van der Waals surface area contributed by atoms with Gasteiger partial charge in [0.2, 0.25) is 0 Å². The second-order valence-corrected chi connectivity index (χ2v) is 4.83. The van der Waals surface area contributed by atoms with Crippen molar-refractivity contribution >= 4 is 21.9 Å². The molecule has 3 heterocycles. The molecular weight excluding hydrogens is 266 g/mol. The van der Waals surface area contributed by atoms with Crippen molar-refractivity contribution in [3.63, 3.8) is 0 Å². The molecular formula is C15H13N5O. The third-order valence-corrected chi connectivity index (χ3v) is 3.48. The van der Waals surface area contributed by atoms with Crippen molar-refractivity contribution in [3.05, 3.63) is 42.2 Å². The zero-order valence-electron chi connectivity index (χ0n) is 11.4. The summed E-state index contributed by atoms with van der Waals surface area (Å²) in [6, 6.07) is 7.94. The molecule has 1 aromatic carbocycles. The maximum absolute atomic E-state index is 5.22. The number of benzene rings is 1. The Labute approximate surface area is 120 Å². The van der Waals surface area contributed by atoms with Crippen LogP contribution in [-0.4, -0.2) is 32.3 Å². The van der Waals surface area contributed by atoms with Gasteiger partial charge in [-0.15, -0.1) is 0 Å². The second-order valence-electron chi connectivity index (χ2n) is 4.83. The zero-order valence-corrected chi connectivity index (χ0v) is 11.4. The molecule has 6 nitrogen and oxygen atoms in total. The minimum Gasteiger partial charge on any atom is -0.380 e. The van der Waals surface area contributed by atoms with E-state index in [9.17, 15) is 0 Å². The number of hydrogen-bond donors (Lipinski definition) is 2. The zero-order chi connectivity index (χ0) is 14.2. The number of ether oxygens (including phenoxy) is 1. The lowest BCUT2D eigenvalue weighted by Gasteiger charge is -1.98. The molecule has 3 aromatic heterocycles. The van der Waals surface area contributed by atoms with Crippen molar-refractivity contribution in [3.8, 4) is 11.5 Å². The summed E-state index contributed by atoms with van der Waals surface area (Å²) in [6.45, 7) is 0.535. The molecule has 2 N–H and O–H groups in total. The van der Waals surface area contributed by atoms with Crippen LogP contribution in [0.3, 0.4) is 0 Å². The summed E-state index contributed by atoms with van der Waals surface area (Å²) < 4.78 is 5.22. The highest BCUT2D eigenvalue weighted by Gasteiger charge is 2.13. The Morgan fingerprint density at radius 3 is 3.05 bits per heavy atom. The number of methoxy groups -OCH3 is 1. The average molecular weight is 279 g/mol. The summed E-state index contributed by atoms with van der Waals surface area (Å²) in [5.74, 6) is 0.742. The minimum atomic E-state index is 0.535. The first-order valence-corrected chi connectivity index (χ1v) is 6.62. The molecule has 0 aliphatic rings. The molecule has 0 aliphatic heterocycles. The molecule has 6 heteroatoms. The van der Waals surface area contributed by atoms with Crippen LogP contribution in [-0.2, 0) is 11.3 Å². The third kappa shape index (κ3) is 1.88. The number of imidazole rings is 1. The number of pyridine rings is 1. The highest BCUT2D eigenvalue weighted by molar-refractivity contribution is 5.92. The lowest BCUT2D eigenvalue weighted by Crippen LogP contribution is -1.88. The highest BCUT2D eigenvalue weighted by atomic mass is 16.5. The summed E-state index contributed by atoms with van der Waals surface area (Å²) in [7, 11) is 1.68. The van der Waals surface area contributed by atoms with Gasteiger partial charge in [0.25, 0.3) is 0 Å². The van der Waals surface area contributed by atoms with E-state index in [1.54, 1.807) is 19.5 Å². The molecule has 0 bridgehead atoms. The fourth-order valence-corrected chi connectivity index (χ4v) is 2.52. The molecule has 21 heavy (non-hydrogen) atoms. The van der Waals surface area contributed by atoms with Crippen LogP contribution in [0.25, 0.3) is 33.5 Å². The number of para-hydroxylation sites is 1. The topological polar surface area (TPSA) is 79.5 Å². The molecule has 104 valence electrons. The fraction of sp³-hybridized carbons (Fsp3) is 0.133. The summed E-state index contributed by atoms with van der Waals surface area (Å²) in [5, 5.41) is 8.32. The van der Waals surface area contributed by atoms with Crippen molar-refractivity contribution in [2.75, 3.05) is 7.11 Å². The van der Waals surface area contributed by atoms with Crippen molar-refractivity contribution in [1.29, 1.82) is 0 Å². The molecule has 4 aromatic rings. The Morgan fingerprint density at radius 2 is 2.14 bits per heavy atom. The Morgan fingerprint density at radius 1 is 1.19 bits per heavy atom. The summed E-state index contributed by atoms with van der Waals surface area (Å²) in [5.41, 5.74) is 4.64. The number of nitrogens with zero attached hydrogens (tertiary/aromatic N) is 3. The van der Waals surface area contributed by atoms with Crippen LogP contribution in [0.15, 0.2) is 36.7 Å². The first-order valence-electron chi connectivity index (χ1n) is 6.62. The highest BCUT2D eigenvalue weighted by Crippen LogP contribution is 2.26. The second kappa shape index (κ2) is 4.68. The van der Waals surface area contributed by atoms with Crippen LogP contribution < -0.4 is 0 Å². The molecule has 0 saturated carbocycles. The lowest BCUT2D eigenvalue weighted by atomic mass is 10.2. The van der Waals surface area contributed by atoms with Gasteiger partial charge in [-0.2, -0.15) is 5.10 Å². The normalized spacial score (nSPS) is 11.5. The molecule has 0 fully saturated rings. The van der Waals surface area contributed by atoms with Crippen molar-refractivity contribution < 1.29 is 4.74 Å². The van der Waals surface area contributed by atoms with Gasteiger partial charge in [-0.3, -0.25) is 10.1 Å². The van der Waals surface area contributed by atoms with Crippen LogP contribution in [0.1, 0.15) is 5.56 Å². The Bertz CT molecular complexity index is 924. The van der Waals surface area contributed by atoms with Crippen LogP contribution in [0.2, 0.25) is 0 Å². The van der Waals surface area contributed by atoms with Gasteiger partial charge in [-0.1, -0.05) is 12.1 Å². The summed E-state index contributed by atoms with van der Waals surface area (Å²) >= 11 is 0. The molecule has 0 saturated heterocycles. The Hall–Kier alpha value is -2.73. The third-order valence-electron chi connectivity index (χ3n) is 3.48. The number of aromatic amines is 2. The van der Waals surface area contributed by atoms with E-state index in [0.29, 0.717) is 6.61 Å². The van der Waals surface area contributed by atoms with Gasteiger partial charge in [0.15, 0.2) is 5.82 Å². The fourth-order valence-electron chi connectivity index (χ4n) is 2.52. The molecule has 0 amide bonds. The Kier molecular flexibility index (Phi) is 2.68. The predicted octanol–water partition coefficient (Wildman–Crippen LogP) is 2.65. The summed E-state index contributed by atoms with van der Waals surface area (Å²) in [4.78, 5) is 12.1. The molecule has 0 aliphatic carbocycles. The number of hydrogen-bond acceptors (Lipinski definition) is 4. The molecule has 0 spiro atoms. The SMILES string of the molecule is COCc1cccc2[nH]c(-c3n[nH]c4cnccc34)nc12. The maximum atomic E-state index is 5.22. The van der Waals surface area contributed by atoms with E-state index in [2.05, 4.69) is 25.1 Å². The monoisotopic (exact) mass is 279 g/mol. The van der Waals surface area contributed by atoms with Crippen molar-refractivity contribution in [2.24, 2.45) is 0 Å². The quantitative estimate of drug-likeness (QED) is 0.604. The molecule has 4 rings (SSSR count).